The molecule has 0 aliphatic heterocycles. The largest absolute Gasteiger partial charge is 0.264 e. The van der Waals surface area contributed by atoms with Crippen molar-refractivity contribution in [1.29, 1.82) is 0 Å². The standard InChI is InChI=1S/C12H13BrN2O3S/c1-9-6-11(8-18-19(2,16)17)14-15(9)12-5-3-4-10(13)7-12/h3-7H,8H2,1-2H3. The van der Waals surface area contributed by atoms with Gasteiger partial charge in [-0.25, -0.2) is 4.68 Å². The molecule has 19 heavy (non-hydrogen) atoms. The van der Waals surface area contributed by atoms with E-state index in [0.717, 1.165) is 22.1 Å². The van der Waals surface area contributed by atoms with Crippen LogP contribution in [0.25, 0.3) is 5.69 Å². The summed E-state index contributed by atoms with van der Waals surface area (Å²) >= 11 is 3.40. The Labute approximate surface area is 120 Å². The fraction of sp³-hybridized carbons (Fsp3) is 0.250. The molecule has 0 bridgehead atoms. The smallest absolute Gasteiger partial charge is 0.264 e. The average molecular weight is 345 g/mol. The van der Waals surface area contributed by atoms with Crippen molar-refractivity contribution in [2.24, 2.45) is 0 Å². The van der Waals surface area contributed by atoms with Gasteiger partial charge in [-0.1, -0.05) is 22.0 Å². The molecule has 0 atom stereocenters. The minimum atomic E-state index is -3.45. The first-order valence-electron chi connectivity index (χ1n) is 5.51. The molecule has 0 fully saturated rings. The highest BCUT2D eigenvalue weighted by molar-refractivity contribution is 9.10. The fourth-order valence-electron chi connectivity index (χ4n) is 1.65. The summed E-state index contributed by atoms with van der Waals surface area (Å²) < 4.78 is 29.3. The highest BCUT2D eigenvalue weighted by Crippen LogP contribution is 2.17. The van der Waals surface area contributed by atoms with Crippen LogP contribution in [0.1, 0.15) is 11.4 Å². The molecular weight excluding hydrogens is 332 g/mol. The van der Waals surface area contributed by atoms with Crippen molar-refractivity contribution < 1.29 is 12.6 Å². The maximum absolute atomic E-state index is 10.9. The Bertz CT molecular complexity index is 695. The molecule has 0 N–H and O–H groups in total. The molecule has 0 saturated carbocycles. The Morgan fingerprint density at radius 2 is 2.11 bits per heavy atom. The van der Waals surface area contributed by atoms with Crippen molar-refractivity contribution in [3.63, 3.8) is 0 Å². The van der Waals surface area contributed by atoms with E-state index >= 15 is 0 Å². The van der Waals surface area contributed by atoms with Gasteiger partial charge < -0.3 is 0 Å². The second-order valence-electron chi connectivity index (χ2n) is 4.14. The Kier molecular flexibility index (Phi) is 4.07. The molecule has 0 amide bonds. The molecule has 5 nitrogen and oxygen atoms in total. The quantitative estimate of drug-likeness (QED) is 0.799. The van der Waals surface area contributed by atoms with Gasteiger partial charge in [0.05, 0.1) is 17.6 Å². The molecule has 102 valence electrons. The molecule has 1 aromatic carbocycles. The van der Waals surface area contributed by atoms with Crippen molar-refractivity contribution in [2.45, 2.75) is 13.5 Å². The predicted octanol–water partition coefficient (Wildman–Crippen LogP) is 2.42. The molecule has 1 aromatic heterocycles. The summed E-state index contributed by atoms with van der Waals surface area (Å²) in [4.78, 5) is 0. The van der Waals surface area contributed by atoms with Gasteiger partial charge in [0, 0.05) is 10.2 Å². The van der Waals surface area contributed by atoms with Gasteiger partial charge in [-0.15, -0.1) is 0 Å². The monoisotopic (exact) mass is 344 g/mol. The van der Waals surface area contributed by atoms with Crippen LogP contribution in [0, 0.1) is 6.92 Å². The second-order valence-corrected chi connectivity index (χ2v) is 6.69. The van der Waals surface area contributed by atoms with Crippen LogP contribution in [0.5, 0.6) is 0 Å². The van der Waals surface area contributed by atoms with Crippen LogP contribution >= 0.6 is 15.9 Å². The van der Waals surface area contributed by atoms with Crippen molar-refractivity contribution in [3.8, 4) is 5.69 Å². The maximum Gasteiger partial charge on any atom is 0.264 e. The number of hydrogen-bond donors (Lipinski definition) is 0. The molecule has 1 heterocycles. The third-order valence-corrected chi connectivity index (χ3v) is 3.45. The van der Waals surface area contributed by atoms with Gasteiger partial charge in [0.15, 0.2) is 0 Å². The van der Waals surface area contributed by atoms with Gasteiger partial charge in [-0.05, 0) is 31.2 Å². The van der Waals surface area contributed by atoms with Gasteiger partial charge >= 0.3 is 0 Å². The average Bonchev–Trinajstić information content (AvgIpc) is 2.67. The van der Waals surface area contributed by atoms with E-state index in [1.807, 2.05) is 31.2 Å². The lowest BCUT2D eigenvalue weighted by Gasteiger charge is -2.04. The Hall–Kier alpha value is -1.18. The predicted molar refractivity (Wildman–Crippen MR) is 75.6 cm³/mol. The number of halogens is 1. The Morgan fingerprint density at radius 3 is 2.74 bits per heavy atom. The Morgan fingerprint density at radius 1 is 1.37 bits per heavy atom. The molecular formula is C12H13BrN2O3S. The van der Waals surface area contributed by atoms with E-state index in [1.165, 1.54) is 0 Å². The summed E-state index contributed by atoms with van der Waals surface area (Å²) in [6, 6.07) is 9.49. The lowest BCUT2D eigenvalue weighted by Crippen LogP contribution is -2.04. The summed E-state index contributed by atoms with van der Waals surface area (Å²) in [7, 11) is -3.45. The summed E-state index contributed by atoms with van der Waals surface area (Å²) in [6.07, 6.45) is 1.02. The van der Waals surface area contributed by atoms with E-state index in [0.29, 0.717) is 5.69 Å². The third-order valence-electron chi connectivity index (χ3n) is 2.41. The summed E-state index contributed by atoms with van der Waals surface area (Å²) in [5, 5.41) is 4.33. The van der Waals surface area contributed by atoms with E-state index < -0.39 is 10.1 Å². The normalized spacial score (nSPS) is 11.7. The van der Waals surface area contributed by atoms with E-state index in [4.69, 9.17) is 4.18 Å². The maximum atomic E-state index is 10.9. The molecule has 0 aliphatic carbocycles. The zero-order valence-electron chi connectivity index (χ0n) is 10.5. The lowest BCUT2D eigenvalue weighted by atomic mass is 10.3. The summed E-state index contributed by atoms with van der Waals surface area (Å²) in [5.74, 6) is 0. The SMILES string of the molecule is Cc1cc(COS(C)(=O)=O)nn1-c1cccc(Br)c1. The number of benzene rings is 1. The summed E-state index contributed by atoms with van der Waals surface area (Å²) in [6.45, 7) is 1.85. The lowest BCUT2D eigenvalue weighted by molar-refractivity contribution is 0.306. The van der Waals surface area contributed by atoms with E-state index in [1.54, 1.807) is 10.7 Å². The van der Waals surface area contributed by atoms with Crippen LogP contribution in [0.3, 0.4) is 0 Å². The van der Waals surface area contributed by atoms with Crippen molar-refractivity contribution >= 4 is 26.0 Å². The van der Waals surface area contributed by atoms with Gasteiger partial charge in [0.25, 0.3) is 10.1 Å². The van der Waals surface area contributed by atoms with Crippen molar-refractivity contribution in [2.75, 3.05) is 6.26 Å². The molecule has 0 spiro atoms. The van der Waals surface area contributed by atoms with Crippen LogP contribution in [0.2, 0.25) is 0 Å². The van der Waals surface area contributed by atoms with Gasteiger partial charge in [-0.2, -0.15) is 13.5 Å². The highest BCUT2D eigenvalue weighted by Gasteiger charge is 2.09. The molecule has 0 radical (unpaired) electrons. The number of nitrogens with zero attached hydrogens (tertiary/aromatic N) is 2. The minimum Gasteiger partial charge on any atom is -0.264 e. The number of hydrogen-bond acceptors (Lipinski definition) is 4. The zero-order valence-corrected chi connectivity index (χ0v) is 12.9. The van der Waals surface area contributed by atoms with Crippen LogP contribution in [0.15, 0.2) is 34.8 Å². The molecule has 0 aliphatic rings. The molecule has 0 saturated heterocycles. The van der Waals surface area contributed by atoms with Gasteiger partial charge in [0.2, 0.25) is 0 Å². The zero-order chi connectivity index (χ0) is 14.0. The van der Waals surface area contributed by atoms with E-state index in [9.17, 15) is 8.42 Å². The van der Waals surface area contributed by atoms with Crippen LogP contribution < -0.4 is 0 Å². The van der Waals surface area contributed by atoms with Gasteiger partial charge in [-0.3, -0.25) is 4.18 Å². The van der Waals surface area contributed by atoms with Crippen LogP contribution in [0.4, 0.5) is 0 Å². The summed E-state index contributed by atoms with van der Waals surface area (Å²) in [5.41, 5.74) is 2.38. The van der Waals surface area contributed by atoms with E-state index in [2.05, 4.69) is 21.0 Å². The highest BCUT2D eigenvalue weighted by atomic mass is 79.9. The van der Waals surface area contributed by atoms with Crippen LogP contribution in [-0.4, -0.2) is 24.5 Å². The first-order chi connectivity index (χ1) is 8.85. The third kappa shape index (κ3) is 3.89. The van der Waals surface area contributed by atoms with E-state index in [-0.39, 0.29) is 6.61 Å². The Balaban J connectivity index is 2.26. The van der Waals surface area contributed by atoms with Crippen molar-refractivity contribution in [3.05, 3.63) is 46.2 Å². The number of rotatable bonds is 4. The van der Waals surface area contributed by atoms with Crippen molar-refractivity contribution in [1.82, 2.24) is 9.78 Å². The van der Waals surface area contributed by atoms with Crippen LogP contribution in [-0.2, 0) is 20.9 Å². The first kappa shape index (κ1) is 14.2. The first-order valence-corrected chi connectivity index (χ1v) is 8.12. The van der Waals surface area contributed by atoms with Gasteiger partial charge in [0.1, 0.15) is 6.61 Å². The fourth-order valence-corrected chi connectivity index (χ4v) is 2.37. The number of aromatic nitrogens is 2. The molecule has 2 rings (SSSR count). The minimum absolute atomic E-state index is 0.0549. The molecule has 2 aromatic rings. The molecule has 7 heteroatoms. The topological polar surface area (TPSA) is 61.2 Å². The molecule has 0 unspecified atom stereocenters. The second kappa shape index (κ2) is 5.44. The number of aryl methyl sites for hydroxylation is 1.